The Labute approximate surface area is 123 Å². The van der Waals surface area contributed by atoms with Gasteiger partial charge in [0, 0.05) is 19.2 Å². The van der Waals surface area contributed by atoms with Gasteiger partial charge in [0.25, 0.3) is 0 Å². The van der Waals surface area contributed by atoms with Crippen LogP contribution in [0.3, 0.4) is 0 Å². The van der Waals surface area contributed by atoms with Gasteiger partial charge >= 0.3 is 0 Å². The summed E-state index contributed by atoms with van der Waals surface area (Å²) < 4.78 is 0. The maximum Gasteiger partial charge on any atom is 0.246 e. The molecule has 0 spiro atoms. The second-order valence-electron chi connectivity index (χ2n) is 4.65. The molecule has 0 aliphatic carbocycles. The van der Waals surface area contributed by atoms with E-state index < -0.39 is 0 Å². The zero-order valence-electron chi connectivity index (χ0n) is 10.5. The summed E-state index contributed by atoms with van der Waals surface area (Å²) in [4.78, 5) is 13.8. The van der Waals surface area contributed by atoms with E-state index in [-0.39, 0.29) is 5.91 Å². The van der Waals surface area contributed by atoms with Crippen molar-refractivity contribution >= 4 is 35.2 Å². The molecule has 0 saturated carbocycles. The molecular weight excluding hydrogens is 283 g/mol. The van der Waals surface area contributed by atoms with Gasteiger partial charge in [-0.2, -0.15) is 0 Å². The summed E-state index contributed by atoms with van der Waals surface area (Å²) in [5, 5.41) is 0.954. The molecule has 1 unspecified atom stereocenters. The molecule has 1 fully saturated rings. The Morgan fingerprint density at radius 1 is 1.47 bits per heavy atom. The van der Waals surface area contributed by atoms with Gasteiger partial charge in [-0.1, -0.05) is 35.3 Å². The lowest BCUT2D eigenvalue weighted by Gasteiger charge is -2.13. The van der Waals surface area contributed by atoms with Crippen LogP contribution in [0.15, 0.2) is 24.3 Å². The Morgan fingerprint density at radius 2 is 2.26 bits per heavy atom. The highest BCUT2D eigenvalue weighted by atomic mass is 35.5. The van der Waals surface area contributed by atoms with Crippen LogP contribution in [0, 0.1) is 5.92 Å². The second-order valence-corrected chi connectivity index (χ2v) is 5.44. The first-order valence-electron chi connectivity index (χ1n) is 6.23. The second kappa shape index (κ2) is 6.42. The number of nitrogens with zero attached hydrogens (tertiary/aromatic N) is 1. The van der Waals surface area contributed by atoms with E-state index >= 15 is 0 Å². The van der Waals surface area contributed by atoms with Crippen LogP contribution >= 0.6 is 23.2 Å². The lowest BCUT2D eigenvalue weighted by molar-refractivity contribution is -0.125. The summed E-state index contributed by atoms with van der Waals surface area (Å²) in [7, 11) is 0. The first kappa shape index (κ1) is 14.4. The number of benzene rings is 1. The van der Waals surface area contributed by atoms with Gasteiger partial charge in [-0.25, -0.2) is 0 Å². The third kappa shape index (κ3) is 3.50. The van der Waals surface area contributed by atoms with Crippen LogP contribution in [0.25, 0.3) is 6.08 Å². The minimum atomic E-state index is -0.00741. The van der Waals surface area contributed by atoms with E-state index in [0.29, 0.717) is 22.5 Å². The largest absolute Gasteiger partial charge is 0.339 e. The summed E-state index contributed by atoms with van der Waals surface area (Å²) in [6.45, 7) is 2.14. The van der Waals surface area contributed by atoms with Crippen LogP contribution in [-0.4, -0.2) is 30.4 Å². The lowest BCUT2D eigenvalue weighted by Crippen LogP contribution is -2.28. The molecule has 1 heterocycles. The molecule has 1 saturated heterocycles. The predicted octanol–water partition coefficient (Wildman–Crippen LogP) is 2.81. The number of carbonyl (C=O) groups excluding carboxylic acids is 1. The quantitative estimate of drug-likeness (QED) is 0.872. The highest BCUT2D eigenvalue weighted by molar-refractivity contribution is 6.42. The molecule has 1 aromatic carbocycles. The van der Waals surface area contributed by atoms with Crippen molar-refractivity contribution in [2.24, 2.45) is 11.7 Å². The van der Waals surface area contributed by atoms with Crippen LogP contribution in [0.4, 0.5) is 0 Å². The van der Waals surface area contributed by atoms with Crippen molar-refractivity contribution in [3.8, 4) is 0 Å². The van der Waals surface area contributed by atoms with Gasteiger partial charge in [0.1, 0.15) is 0 Å². The molecule has 5 heteroatoms. The Morgan fingerprint density at radius 3 is 2.95 bits per heavy atom. The molecule has 1 amide bonds. The van der Waals surface area contributed by atoms with Crippen molar-refractivity contribution < 1.29 is 4.79 Å². The summed E-state index contributed by atoms with van der Waals surface area (Å²) in [5.41, 5.74) is 6.36. The van der Waals surface area contributed by atoms with E-state index in [0.717, 1.165) is 25.1 Å². The maximum atomic E-state index is 12.0. The Balaban J connectivity index is 2.03. The van der Waals surface area contributed by atoms with Crippen molar-refractivity contribution in [2.45, 2.75) is 6.42 Å². The van der Waals surface area contributed by atoms with Gasteiger partial charge in [0.2, 0.25) is 5.91 Å². The number of amides is 1. The van der Waals surface area contributed by atoms with E-state index in [2.05, 4.69) is 0 Å². The normalized spacial score (nSPS) is 19.3. The van der Waals surface area contributed by atoms with Gasteiger partial charge in [-0.05, 0) is 36.6 Å². The van der Waals surface area contributed by atoms with Crippen molar-refractivity contribution in [2.75, 3.05) is 19.6 Å². The fourth-order valence-corrected chi connectivity index (χ4v) is 2.51. The summed E-state index contributed by atoms with van der Waals surface area (Å²) in [5.74, 6) is 0.416. The fourth-order valence-electron chi connectivity index (χ4n) is 2.14. The maximum absolute atomic E-state index is 12.0. The summed E-state index contributed by atoms with van der Waals surface area (Å²) >= 11 is 12.0. The zero-order valence-corrected chi connectivity index (χ0v) is 12.0. The van der Waals surface area contributed by atoms with E-state index in [1.807, 2.05) is 11.0 Å². The van der Waals surface area contributed by atoms with Crippen molar-refractivity contribution in [1.29, 1.82) is 0 Å². The zero-order chi connectivity index (χ0) is 13.8. The Kier molecular flexibility index (Phi) is 4.86. The van der Waals surface area contributed by atoms with E-state index in [9.17, 15) is 4.79 Å². The minimum absolute atomic E-state index is 0.00741. The standard InChI is InChI=1S/C14H16Cl2N2O/c15-12-3-1-2-11(14(12)16)4-5-13(19)18-7-6-10(8-17)9-18/h1-5,10H,6-9,17H2. The van der Waals surface area contributed by atoms with Crippen molar-refractivity contribution in [1.82, 2.24) is 4.90 Å². The number of halogens is 2. The Bertz CT molecular complexity index is 502. The molecule has 1 aromatic rings. The third-order valence-electron chi connectivity index (χ3n) is 3.32. The average molecular weight is 299 g/mol. The SMILES string of the molecule is NCC1CCN(C(=O)C=Cc2cccc(Cl)c2Cl)C1. The molecule has 3 nitrogen and oxygen atoms in total. The molecule has 19 heavy (non-hydrogen) atoms. The van der Waals surface area contributed by atoms with Crippen molar-refractivity contribution in [3.63, 3.8) is 0 Å². The van der Waals surface area contributed by atoms with Gasteiger partial charge in [0.15, 0.2) is 0 Å². The first-order chi connectivity index (χ1) is 9.11. The first-order valence-corrected chi connectivity index (χ1v) is 6.98. The Hall–Kier alpha value is -1.03. The number of likely N-dealkylation sites (tertiary alicyclic amines) is 1. The highest BCUT2D eigenvalue weighted by Gasteiger charge is 2.23. The number of hydrogen-bond acceptors (Lipinski definition) is 2. The van der Waals surface area contributed by atoms with Crippen LogP contribution in [0.2, 0.25) is 10.0 Å². The fraction of sp³-hybridized carbons (Fsp3) is 0.357. The average Bonchev–Trinajstić information content (AvgIpc) is 2.89. The van der Waals surface area contributed by atoms with Crippen molar-refractivity contribution in [3.05, 3.63) is 39.9 Å². The van der Waals surface area contributed by atoms with E-state index in [4.69, 9.17) is 28.9 Å². The number of rotatable bonds is 3. The number of nitrogens with two attached hydrogens (primary N) is 1. The highest BCUT2D eigenvalue weighted by Crippen LogP contribution is 2.26. The van der Waals surface area contributed by atoms with Crippen LogP contribution in [-0.2, 0) is 4.79 Å². The predicted molar refractivity (Wildman–Crippen MR) is 79.2 cm³/mol. The molecule has 1 aliphatic heterocycles. The lowest BCUT2D eigenvalue weighted by atomic mass is 10.1. The number of hydrogen-bond donors (Lipinski definition) is 1. The van der Waals surface area contributed by atoms with E-state index in [1.165, 1.54) is 6.08 Å². The summed E-state index contributed by atoms with van der Waals surface area (Å²) in [6.07, 6.45) is 4.22. The summed E-state index contributed by atoms with van der Waals surface area (Å²) in [6, 6.07) is 5.35. The number of carbonyl (C=O) groups is 1. The van der Waals surface area contributed by atoms with Gasteiger partial charge in [0.05, 0.1) is 10.0 Å². The minimum Gasteiger partial charge on any atom is -0.339 e. The molecule has 1 aliphatic rings. The van der Waals surface area contributed by atoms with Crippen LogP contribution < -0.4 is 5.73 Å². The molecule has 2 N–H and O–H groups in total. The van der Waals surface area contributed by atoms with Gasteiger partial charge in [-0.3, -0.25) is 4.79 Å². The van der Waals surface area contributed by atoms with Crippen LogP contribution in [0.1, 0.15) is 12.0 Å². The molecule has 1 atom stereocenters. The molecular formula is C14H16Cl2N2O. The smallest absolute Gasteiger partial charge is 0.246 e. The topological polar surface area (TPSA) is 46.3 Å². The van der Waals surface area contributed by atoms with Gasteiger partial charge < -0.3 is 10.6 Å². The van der Waals surface area contributed by atoms with E-state index in [1.54, 1.807) is 18.2 Å². The monoisotopic (exact) mass is 298 g/mol. The van der Waals surface area contributed by atoms with Gasteiger partial charge in [-0.15, -0.1) is 0 Å². The molecule has 0 bridgehead atoms. The van der Waals surface area contributed by atoms with Crippen LogP contribution in [0.5, 0.6) is 0 Å². The third-order valence-corrected chi connectivity index (χ3v) is 4.15. The molecule has 0 aromatic heterocycles. The molecule has 102 valence electrons. The molecule has 2 rings (SSSR count). The molecule has 0 radical (unpaired) electrons.